The molecule has 1 saturated heterocycles. The van der Waals surface area contributed by atoms with Gasteiger partial charge in [0, 0.05) is 12.6 Å². The van der Waals surface area contributed by atoms with E-state index in [1.807, 2.05) is 0 Å². The Morgan fingerprint density at radius 2 is 2.10 bits per heavy atom. The van der Waals surface area contributed by atoms with Gasteiger partial charge in [0.05, 0.1) is 17.4 Å². The second-order valence-corrected chi connectivity index (χ2v) is 8.16. The molecule has 0 spiro atoms. The van der Waals surface area contributed by atoms with Gasteiger partial charge in [0.15, 0.2) is 6.79 Å². The number of esters is 1. The molecule has 0 aromatic heterocycles. The fourth-order valence-corrected chi connectivity index (χ4v) is 6.19. The van der Waals surface area contributed by atoms with Gasteiger partial charge in [0.25, 0.3) is 0 Å². The lowest BCUT2D eigenvalue weighted by molar-refractivity contribution is -0.160. The average Bonchev–Trinajstić information content (AvgIpc) is 2.98. The summed E-state index contributed by atoms with van der Waals surface area (Å²) in [6, 6.07) is -0.104. The number of hydrogen-bond acceptors (Lipinski definition) is 5. The lowest BCUT2D eigenvalue weighted by Crippen LogP contribution is -2.41. The molecule has 1 aliphatic heterocycles. The van der Waals surface area contributed by atoms with E-state index in [-0.39, 0.29) is 36.0 Å². The summed E-state index contributed by atoms with van der Waals surface area (Å²) < 4.78 is 36.5. The van der Waals surface area contributed by atoms with Crippen LogP contribution in [-0.4, -0.2) is 49.9 Å². The van der Waals surface area contributed by atoms with Gasteiger partial charge in [-0.3, -0.25) is 0 Å². The molecule has 6 nitrogen and oxygen atoms in total. The van der Waals surface area contributed by atoms with Crippen molar-refractivity contribution in [2.24, 2.45) is 11.8 Å². The summed E-state index contributed by atoms with van der Waals surface area (Å²) in [7, 11) is -1.54. The third kappa shape index (κ3) is 1.83. The van der Waals surface area contributed by atoms with Crippen LogP contribution in [0.3, 0.4) is 0 Å². The van der Waals surface area contributed by atoms with Crippen LogP contribution in [0.1, 0.15) is 19.8 Å². The van der Waals surface area contributed by atoms with Gasteiger partial charge in [0.2, 0.25) is 10.0 Å². The fourth-order valence-electron chi connectivity index (χ4n) is 3.95. The predicted octanol–water partition coefficient (Wildman–Crippen LogP) is 0.501. The Morgan fingerprint density at radius 1 is 1.40 bits per heavy atom. The first-order valence-corrected chi connectivity index (χ1v) is 8.25. The molecule has 3 rings (SSSR count). The van der Waals surface area contributed by atoms with Crippen molar-refractivity contribution in [1.29, 1.82) is 0 Å². The Morgan fingerprint density at radius 3 is 2.75 bits per heavy atom. The van der Waals surface area contributed by atoms with Crippen molar-refractivity contribution in [3.63, 3.8) is 0 Å². The highest BCUT2D eigenvalue weighted by molar-refractivity contribution is 7.90. The van der Waals surface area contributed by atoms with Crippen molar-refractivity contribution >= 4 is 16.0 Å². The first kappa shape index (κ1) is 14.0. The van der Waals surface area contributed by atoms with E-state index >= 15 is 0 Å². The minimum Gasteiger partial charge on any atom is -0.435 e. The summed E-state index contributed by atoms with van der Waals surface area (Å²) in [4.78, 5) is 11.3. The van der Waals surface area contributed by atoms with Crippen molar-refractivity contribution in [3.05, 3.63) is 12.2 Å². The normalized spacial score (nSPS) is 41.0. The van der Waals surface area contributed by atoms with Crippen molar-refractivity contribution in [2.75, 3.05) is 13.8 Å². The number of ether oxygens (including phenoxy) is 2. The number of rotatable bonds is 4. The Bertz CT molecular complexity index is 557. The Hall–Kier alpha value is -0.920. The smallest absolute Gasteiger partial charge is 0.335 e. The van der Waals surface area contributed by atoms with Gasteiger partial charge < -0.3 is 9.47 Å². The van der Waals surface area contributed by atoms with Gasteiger partial charge in [-0.1, -0.05) is 6.58 Å². The van der Waals surface area contributed by atoms with E-state index in [9.17, 15) is 13.2 Å². The molecular formula is C13H19NO5S. The monoisotopic (exact) mass is 301 g/mol. The summed E-state index contributed by atoms with van der Waals surface area (Å²) in [5.41, 5.74) is 0.321. The number of sulfonamides is 1. The van der Waals surface area contributed by atoms with Crippen LogP contribution in [-0.2, 0) is 24.3 Å². The van der Waals surface area contributed by atoms with E-state index in [0.717, 1.165) is 6.42 Å². The number of carbonyl (C=O) groups is 1. The van der Waals surface area contributed by atoms with E-state index in [1.165, 1.54) is 4.31 Å². The zero-order chi connectivity index (χ0) is 14.7. The van der Waals surface area contributed by atoms with E-state index in [0.29, 0.717) is 12.0 Å². The Labute approximate surface area is 118 Å². The lowest BCUT2D eigenvalue weighted by Gasteiger charge is -2.28. The molecule has 5 atom stereocenters. The minimum absolute atomic E-state index is 0.104. The molecule has 0 aromatic carbocycles. The van der Waals surface area contributed by atoms with Gasteiger partial charge in [-0.25, -0.2) is 13.2 Å². The molecule has 5 unspecified atom stereocenters. The standard InChI is InChI=1S/C13H19NO5S/c1-7(2)13(15)19-6-18-12-8-4-9-10(5-8)20(16,17)14(3)11(9)12/h8-12H,1,4-6H2,2-3H3. The molecule has 20 heavy (non-hydrogen) atoms. The zero-order valence-electron chi connectivity index (χ0n) is 11.6. The third-order valence-electron chi connectivity index (χ3n) is 4.83. The van der Waals surface area contributed by atoms with Gasteiger partial charge in [-0.2, -0.15) is 4.31 Å². The third-order valence-corrected chi connectivity index (χ3v) is 7.18. The second kappa shape index (κ2) is 4.54. The van der Waals surface area contributed by atoms with Gasteiger partial charge in [-0.15, -0.1) is 0 Å². The van der Waals surface area contributed by atoms with Crippen LogP contribution in [0, 0.1) is 11.8 Å². The zero-order valence-corrected chi connectivity index (χ0v) is 12.4. The Kier molecular flexibility index (Phi) is 3.19. The van der Waals surface area contributed by atoms with Gasteiger partial charge >= 0.3 is 5.97 Å². The average molecular weight is 301 g/mol. The summed E-state index contributed by atoms with van der Waals surface area (Å²) >= 11 is 0. The topological polar surface area (TPSA) is 72.9 Å². The molecule has 2 bridgehead atoms. The molecule has 1 heterocycles. The van der Waals surface area contributed by atoms with Crippen LogP contribution >= 0.6 is 0 Å². The molecular weight excluding hydrogens is 282 g/mol. The maximum absolute atomic E-state index is 12.2. The molecule has 2 saturated carbocycles. The van der Waals surface area contributed by atoms with Crippen molar-refractivity contribution in [3.8, 4) is 0 Å². The van der Waals surface area contributed by atoms with E-state index in [4.69, 9.17) is 9.47 Å². The van der Waals surface area contributed by atoms with Gasteiger partial charge in [-0.05, 0) is 31.6 Å². The summed E-state index contributed by atoms with van der Waals surface area (Å²) in [6.45, 7) is 4.92. The first-order valence-electron chi connectivity index (χ1n) is 6.75. The first-order chi connectivity index (χ1) is 9.34. The summed E-state index contributed by atoms with van der Waals surface area (Å²) in [6.07, 6.45) is 1.38. The molecule has 3 aliphatic rings. The molecule has 0 aromatic rings. The quantitative estimate of drug-likeness (QED) is 0.429. The molecule has 7 heteroatoms. The highest BCUT2D eigenvalue weighted by atomic mass is 32.2. The van der Waals surface area contributed by atoms with Crippen LogP contribution < -0.4 is 0 Å². The lowest BCUT2D eigenvalue weighted by atomic mass is 9.92. The second-order valence-electron chi connectivity index (χ2n) is 5.95. The molecule has 2 aliphatic carbocycles. The summed E-state index contributed by atoms with van der Waals surface area (Å²) in [5.74, 6) is -0.0754. The van der Waals surface area contributed by atoms with E-state index < -0.39 is 16.0 Å². The summed E-state index contributed by atoms with van der Waals surface area (Å²) in [5, 5.41) is -0.236. The van der Waals surface area contributed by atoms with Crippen LogP contribution in [0.4, 0.5) is 0 Å². The highest BCUT2D eigenvalue weighted by Gasteiger charge is 2.65. The number of carbonyl (C=O) groups excluding carboxylic acids is 1. The van der Waals surface area contributed by atoms with Crippen molar-refractivity contribution in [2.45, 2.75) is 37.2 Å². The Balaban J connectivity index is 1.66. The van der Waals surface area contributed by atoms with Crippen LogP contribution in [0.25, 0.3) is 0 Å². The number of nitrogens with zero attached hydrogens (tertiary/aromatic N) is 1. The minimum atomic E-state index is -3.17. The maximum atomic E-state index is 12.2. The van der Waals surface area contributed by atoms with Crippen molar-refractivity contribution < 1.29 is 22.7 Å². The number of likely N-dealkylation sites (N-methyl/N-ethyl adjacent to an activating group) is 1. The van der Waals surface area contributed by atoms with E-state index in [2.05, 4.69) is 6.58 Å². The largest absolute Gasteiger partial charge is 0.435 e. The molecule has 112 valence electrons. The SMILES string of the molecule is C=C(C)C(=O)OCOC1C2CC3C1N(C)S(=O)(=O)C3C2. The van der Waals surface area contributed by atoms with Crippen LogP contribution in [0.2, 0.25) is 0 Å². The molecule has 0 radical (unpaired) electrons. The predicted molar refractivity (Wildman–Crippen MR) is 71.1 cm³/mol. The van der Waals surface area contributed by atoms with Crippen molar-refractivity contribution in [1.82, 2.24) is 4.31 Å². The number of fused-ring (bicyclic) bond motifs is 1. The van der Waals surface area contributed by atoms with E-state index in [1.54, 1.807) is 14.0 Å². The van der Waals surface area contributed by atoms with Crippen LogP contribution in [0.5, 0.6) is 0 Å². The maximum Gasteiger partial charge on any atom is 0.335 e. The van der Waals surface area contributed by atoms with Crippen LogP contribution in [0.15, 0.2) is 12.2 Å². The molecule has 3 fully saturated rings. The van der Waals surface area contributed by atoms with Gasteiger partial charge in [0.1, 0.15) is 0 Å². The molecule has 0 N–H and O–H groups in total. The fraction of sp³-hybridized carbons (Fsp3) is 0.769. The molecule has 0 amide bonds. The number of hydrogen-bond donors (Lipinski definition) is 0. The highest BCUT2D eigenvalue weighted by Crippen LogP contribution is 2.56.